The number of hydrogen-bond acceptors (Lipinski definition) is 3. The molecule has 4 rings (SSSR count). The minimum absolute atomic E-state index is 0.0491. The first-order valence-electron chi connectivity index (χ1n) is 7.87. The summed E-state index contributed by atoms with van der Waals surface area (Å²) in [5, 5.41) is 2.28. The molecule has 0 radical (unpaired) electrons. The Bertz CT molecular complexity index is 1120. The molecule has 0 aliphatic carbocycles. The third-order valence-electron chi connectivity index (χ3n) is 4.23. The Labute approximate surface area is 154 Å². The highest BCUT2D eigenvalue weighted by molar-refractivity contribution is 7.22. The molecule has 5 heteroatoms. The number of benzene rings is 2. The largest absolute Gasteiger partial charge is 0.311 e. The molecule has 0 N–H and O–H groups in total. The SMILES string of the molecule is Cc1cccc(N(C)C(=O)c2cc3c(Cl)nc4ccccc4c3s2)c1. The monoisotopic (exact) mass is 366 g/mol. The van der Waals surface area contributed by atoms with Crippen molar-refractivity contribution in [3.63, 3.8) is 0 Å². The predicted molar refractivity (Wildman–Crippen MR) is 106 cm³/mol. The molecular weight excluding hydrogens is 352 g/mol. The number of carbonyl (C=O) groups excluding carboxylic acids is 1. The van der Waals surface area contributed by atoms with E-state index in [0.29, 0.717) is 10.0 Å². The average Bonchev–Trinajstić information content (AvgIpc) is 3.07. The van der Waals surface area contributed by atoms with Crippen LogP contribution < -0.4 is 4.90 Å². The van der Waals surface area contributed by atoms with Crippen molar-refractivity contribution in [2.45, 2.75) is 6.92 Å². The van der Waals surface area contributed by atoms with E-state index in [1.807, 2.05) is 61.5 Å². The second-order valence-electron chi connectivity index (χ2n) is 5.98. The van der Waals surface area contributed by atoms with Gasteiger partial charge in [-0.05, 0) is 36.8 Å². The van der Waals surface area contributed by atoms with Crippen molar-refractivity contribution in [3.8, 4) is 0 Å². The van der Waals surface area contributed by atoms with Gasteiger partial charge >= 0.3 is 0 Å². The van der Waals surface area contributed by atoms with Crippen LogP contribution >= 0.6 is 22.9 Å². The molecule has 0 aliphatic rings. The van der Waals surface area contributed by atoms with Crippen molar-refractivity contribution in [2.24, 2.45) is 0 Å². The number of hydrogen-bond donors (Lipinski definition) is 0. The smallest absolute Gasteiger partial charge is 0.268 e. The van der Waals surface area contributed by atoms with Gasteiger partial charge < -0.3 is 4.90 Å². The molecule has 1 amide bonds. The molecule has 0 unspecified atom stereocenters. The number of para-hydroxylation sites is 1. The number of halogens is 1. The molecule has 0 atom stereocenters. The van der Waals surface area contributed by atoms with Crippen LogP contribution in [0.4, 0.5) is 5.69 Å². The Balaban J connectivity index is 1.83. The van der Waals surface area contributed by atoms with E-state index < -0.39 is 0 Å². The van der Waals surface area contributed by atoms with Gasteiger partial charge in [-0.1, -0.05) is 41.9 Å². The van der Waals surface area contributed by atoms with Crippen molar-refractivity contribution in [3.05, 3.63) is 70.2 Å². The van der Waals surface area contributed by atoms with Gasteiger partial charge in [0.1, 0.15) is 5.15 Å². The minimum Gasteiger partial charge on any atom is -0.311 e. The molecule has 0 saturated carbocycles. The lowest BCUT2D eigenvalue weighted by Crippen LogP contribution is -2.25. The maximum absolute atomic E-state index is 12.9. The van der Waals surface area contributed by atoms with E-state index >= 15 is 0 Å². The maximum atomic E-state index is 12.9. The van der Waals surface area contributed by atoms with Gasteiger partial charge in [-0.15, -0.1) is 11.3 Å². The van der Waals surface area contributed by atoms with Crippen LogP contribution in [-0.4, -0.2) is 17.9 Å². The Morgan fingerprint density at radius 3 is 2.68 bits per heavy atom. The van der Waals surface area contributed by atoms with Gasteiger partial charge in [0.2, 0.25) is 0 Å². The van der Waals surface area contributed by atoms with E-state index in [4.69, 9.17) is 11.6 Å². The molecule has 4 aromatic rings. The Hall–Kier alpha value is -2.43. The second-order valence-corrected chi connectivity index (χ2v) is 7.39. The van der Waals surface area contributed by atoms with Crippen LogP contribution in [0.5, 0.6) is 0 Å². The van der Waals surface area contributed by atoms with Crippen molar-refractivity contribution >= 4 is 55.5 Å². The van der Waals surface area contributed by atoms with Gasteiger partial charge in [-0.3, -0.25) is 4.79 Å². The van der Waals surface area contributed by atoms with Crippen LogP contribution in [-0.2, 0) is 0 Å². The number of rotatable bonds is 2. The number of aromatic nitrogens is 1. The Morgan fingerprint density at radius 1 is 1.08 bits per heavy atom. The molecule has 0 spiro atoms. The predicted octanol–water partition coefficient (Wildman–Crippen LogP) is 5.69. The number of fused-ring (bicyclic) bond motifs is 3. The van der Waals surface area contributed by atoms with Crippen LogP contribution in [0, 0.1) is 6.92 Å². The number of aryl methyl sites for hydroxylation is 1. The molecule has 0 saturated heterocycles. The first-order valence-corrected chi connectivity index (χ1v) is 9.06. The summed E-state index contributed by atoms with van der Waals surface area (Å²) >= 11 is 7.80. The van der Waals surface area contributed by atoms with E-state index in [1.54, 1.807) is 11.9 Å². The van der Waals surface area contributed by atoms with Gasteiger partial charge in [-0.2, -0.15) is 0 Å². The third kappa shape index (κ3) is 2.77. The lowest BCUT2D eigenvalue weighted by molar-refractivity contribution is 0.0997. The van der Waals surface area contributed by atoms with E-state index in [1.165, 1.54) is 11.3 Å². The molecule has 0 aliphatic heterocycles. The molecule has 124 valence electrons. The van der Waals surface area contributed by atoms with E-state index in [9.17, 15) is 4.79 Å². The number of nitrogens with zero attached hydrogens (tertiary/aromatic N) is 2. The van der Waals surface area contributed by atoms with Crippen molar-refractivity contribution in [1.82, 2.24) is 4.98 Å². The normalized spacial score (nSPS) is 11.2. The number of anilines is 1. The van der Waals surface area contributed by atoms with Gasteiger partial charge in [0.05, 0.1) is 10.4 Å². The highest BCUT2D eigenvalue weighted by atomic mass is 35.5. The number of thiophene rings is 1. The van der Waals surface area contributed by atoms with Crippen LogP contribution in [0.2, 0.25) is 5.15 Å². The molecule has 3 nitrogen and oxygen atoms in total. The summed E-state index contributed by atoms with van der Waals surface area (Å²) in [7, 11) is 1.79. The molecule has 2 aromatic carbocycles. The number of carbonyl (C=O) groups is 1. The summed E-state index contributed by atoms with van der Waals surface area (Å²) in [6, 6.07) is 17.6. The Morgan fingerprint density at radius 2 is 1.88 bits per heavy atom. The summed E-state index contributed by atoms with van der Waals surface area (Å²) in [5.74, 6) is -0.0491. The summed E-state index contributed by atoms with van der Waals surface area (Å²) < 4.78 is 0.997. The number of amides is 1. The molecule has 2 aromatic heterocycles. The van der Waals surface area contributed by atoms with Crippen LogP contribution in [0.3, 0.4) is 0 Å². The fourth-order valence-corrected chi connectivity index (χ4v) is 4.36. The van der Waals surface area contributed by atoms with Crippen LogP contribution in [0.25, 0.3) is 21.0 Å². The molecule has 0 bridgehead atoms. The minimum atomic E-state index is -0.0491. The van der Waals surface area contributed by atoms with E-state index in [0.717, 1.165) is 32.2 Å². The zero-order valence-electron chi connectivity index (χ0n) is 13.8. The van der Waals surface area contributed by atoms with Crippen LogP contribution in [0.1, 0.15) is 15.2 Å². The fraction of sp³-hybridized carbons (Fsp3) is 0.100. The first kappa shape index (κ1) is 16.1. The summed E-state index contributed by atoms with van der Waals surface area (Å²) in [5.41, 5.74) is 2.83. The first-order chi connectivity index (χ1) is 12.0. The van der Waals surface area contributed by atoms with Gasteiger partial charge in [-0.25, -0.2) is 4.98 Å². The standard InChI is InChI=1S/C20H15ClN2OS/c1-12-6-5-7-13(10-12)23(2)20(24)17-11-15-18(25-17)14-8-3-4-9-16(14)22-19(15)21/h3-11H,1-2H3. The molecule has 2 heterocycles. The van der Waals surface area contributed by atoms with Gasteiger partial charge in [0, 0.05) is 28.2 Å². The zero-order chi connectivity index (χ0) is 17.6. The maximum Gasteiger partial charge on any atom is 0.268 e. The van der Waals surface area contributed by atoms with E-state index in [-0.39, 0.29) is 5.91 Å². The molecule has 25 heavy (non-hydrogen) atoms. The highest BCUT2D eigenvalue weighted by Crippen LogP contribution is 2.36. The topological polar surface area (TPSA) is 33.2 Å². The summed E-state index contributed by atoms with van der Waals surface area (Å²) in [4.78, 5) is 19.7. The Kier molecular flexibility index (Phi) is 3.94. The lowest BCUT2D eigenvalue weighted by atomic mass is 10.2. The summed E-state index contributed by atoms with van der Waals surface area (Å²) in [6.45, 7) is 2.01. The van der Waals surface area contributed by atoms with Crippen molar-refractivity contribution in [1.29, 1.82) is 0 Å². The van der Waals surface area contributed by atoms with E-state index in [2.05, 4.69) is 4.98 Å². The number of pyridine rings is 1. The van der Waals surface area contributed by atoms with Gasteiger partial charge in [0.25, 0.3) is 5.91 Å². The lowest BCUT2D eigenvalue weighted by Gasteiger charge is -2.16. The summed E-state index contributed by atoms with van der Waals surface area (Å²) in [6.07, 6.45) is 0. The second kappa shape index (κ2) is 6.14. The average molecular weight is 367 g/mol. The van der Waals surface area contributed by atoms with Crippen molar-refractivity contribution in [2.75, 3.05) is 11.9 Å². The zero-order valence-corrected chi connectivity index (χ0v) is 15.4. The van der Waals surface area contributed by atoms with Gasteiger partial charge in [0.15, 0.2) is 0 Å². The molecule has 0 fully saturated rings. The van der Waals surface area contributed by atoms with Crippen LogP contribution in [0.15, 0.2) is 54.6 Å². The molecular formula is C20H15ClN2OS. The van der Waals surface area contributed by atoms with Crippen molar-refractivity contribution < 1.29 is 4.79 Å². The highest BCUT2D eigenvalue weighted by Gasteiger charge is 2.19. The third-order valence-corrected chi connectivity index (χ3v) is 5.67. The fourth-order valence-electron chi connectivity index (χ4n) is 2.90. The quantitative estimate of drug-likeness (QED) is 0.427.